The molecule has 0 saturated heterocycles. The van der Waals surface area contributed by atoms with E-state index in [1.165, 1.54) is 0 Å². The molecule has 1 aromatic heterocycles. The van der Waals surface area contributed by atoms with Crippen LogP contribution >= 0.6 is 22.6 Å². The van der Waals surface area contributed by atoms with E-state index in [1.54, 1.807) is 0 Å². The van der Waals surface area contributed by atoms with Gasteiger partial charge >= 0.3 is 0 Å². The highest BCUT2D eigenvalue weighted by Crippen LogP contribution is 2.14. The van der Waals surface area contributed by atoms with Crippen LogP contribution in [0.15, 0.2) is 54.9 Å². The van der Waals surface area contributed by atoms with Gasteiger partial charge in [0.05, 0.1) is 7.05 Å². The van der Waals surface area contributed by atoms with Crippen molar-refractivity contribution in [1.29, 1.82) is 0 Å². The number of aliphatic hydroxyl groups excluding tert-OH is 1. The van der Waals surface area contributed by atoms with Crippen molar-refractivity contribution in [2.75, 3.05) is 6.61 Å². The molecule has 0 fully saturated rings. The van der Waals surface area contributed by atoms with Gasteiger partial charge in [0.15, 0.2) is 11.0 Å². The Labute approximate surface area is 143 Å². The first-order valence-corrected chi connectivity index (χ1v) is 8.21. The minimum atomic E-state index is -0.560. The second-order valence-corrected chi connectivity index (χ2v) is 6.53. The predicted molar refractivity (Wildman–Crippen MR) is 93.8 cm³/mol. The largest absolute Gasteiger partial charge is 0.491 e. The Bertz CT molecular complexity index is 768. The molecule has 5 heteroatoms. The van der Waals surface area contributed by atoms with Gasteiger partial charge in [-0.3, -0.25) is 0 Å². The monoisotopic (exact) mass is 409 g/mol. The van der Waals surface area contributed by atoms with Gasteiger partial charge in [0, 0.05) is 3.57 Å². The number of halogens is 1. The summed E-state index contributed by atoms with van der Waals surface area (Å²) in [6.45, 7) is 0.780. The molecule has 0 amide bonds. The molecule has 0 bridgehead atoms. The average Bonchev–Trinajstić information content (AvgIpc) is 2.83. The lowest BCUT2D eigenvalue weighted by Crippen LogP contribution is -2.27. The molecule has 22 heavy (non-hydrogen) atoms. The van der Waals surface area contributed by atoms with Crippen molar-refractivity contribution < 1.29 is 14.4 Å². The maximum atomic E-state index is 10.2. The van der Waals surface area contributed by atoms with Crippen LogP contribution < -0.4 is 9.30 Å². The maximum absolute atomic E-state index is 10.2. The lowest BCUT2D eigenvalue weighted by Gasteiger charge is -2.11. The number of aromatic nitrogens is 2. The molecule has 1 N–H and O–H groups in total. The molecule has 0 aliphatic rings. The van der Waals surface area contributed by atoms with Crippen LogP contribution in [0.2, 0.25) is 0 Å². The van der Waals surface area contributed by atoms with E-state index in [1.807, 2.05) is 49.8 Å². The van der Waals surface area contributed by atoms with Crippen molar-refractivity contribution >= 4 is 33.6 Å². The summed E-state index contributed by atoms with van der Waals surface area (Å²) in [4.78, 5) is 0. The highest BCUT2D eigenvalue weighted by atomic mass is 127. The van der Waals surface area contributed by atoms with Gasteiger partial charge in [-0.1, -0.05) is 12.1 Å². The van der Waals surface area contributed by atoms with Crippen molar-refractivity contribution in [1.82, 2.24) is 4.57 Å². The van der Waals surface area contributed by atoms with E-state index in [2.05, 4.69) is 43.9 Å². The molecule has 0 saturated carbocycles. The summed E-state index contributed by atoms with van der Waals surface area (Å²) in [5, 5.41) is 10.2. The topological polar surface area (TPSA) is 38.3 Å². The van der Waals surface area contributed by atoms with Gasteiger partial charge in [0.2, 0.25) is 6.33 Å². The van der Waals surface area contributed by atoms with Gasteiger partial charge in [0.1, 0.15) is 25.0 Å². The van der Waals surface area contributed by atoms with E-state index in [4.69, 9.17) is 4.74 Å². The van der Waals surface area contributed by atoms with Crippen LogP contribution in [0.25, 0.3) is 11.0 Å². The lowest BCUT2D eigenvalue weighted by atomic mass is 10.3. The standard InChI is InChI=1S/C17H18IN2O2/c1-19-12-20(17-5-3-2-4-16(17)19)10-14(21)11-22-15-8-6-13(18)7-9-15/h2-9,12,14,21H,10-11H2,1H3/q+1/t14-/m0/s1. The van der Waals surface area contributed by atoms with Crippen molar-refractivity contribution in [2.24, 2.45) is 7.05 Å². The first-order valence-electron chi connectivity index (χ1n) is 7.13. The Hall–Kier alpha value is -1.60. The Kier molecular flexibility index (Phi) is 4.63. The summed E-state index contributed by atoms with van der Waals surface area (Å²) in [5.41, 5.74) is 2.26. The van der Waals surface area contributed by atoms with Crippen LogP contribution in [0.4, 0.5) is 0 Å². The lowest BCUT2D eigenvalue weighted by molar-refractivity contribution is -0.645. The smallest absolute Gasteiger partial charge is 0.244 e. The summed E-state index contributed by atoms with van der Waals surface area (Å²) < 4.78 is 10.9. The molecule has 0 radical (unpaired) electrons. The number of imidazole rings is 1. The average molecular weight is 409 g/mol. The van der Waals surface area contributed by atoms with Gasteiger partial charge in [0.25, 0.3) is 0 Å². The Morgan fingerprint density at radius 3 is 2.68 bits per heavy atom. The molecule has 3 rings (SSSR count). The minimum Gasteiger partial charge on any atom is -0.491 e. The zero-order valence-corrected chi connectivity index (χ0v) is 14.5. The molecule has 0 aliphatic heterocycles. The normalized spacial score (nSPS) is 12.5. The van der Waals surface area contributed by atoms with Gasteiger partial charge < -0.3 is 9.84 Å². The SMILES string of the molecule is C[n+]1cn(C[C@H](O)COc2ccc(I)cc2)c2ccccc21. The van der Waals surface area contributed by atoms with Crippen LogP contribution in [0.5, 0.6) is 5.75 Å². The number of fused-ring (bicyclic) bond motifs is 1. The number of nitrogens with zero attached hydrogens (tertiary/aromatic N) is 2. The molecule has 3 aromatic rings. The number of aryl methyl sites for hydroxylation is 1. The third kappa shape index (κ3) is 3.41. The van der Waals surface area contributed by atoms with Gasteiger partial charge in [-0.05, 0) is 59.0 Å². The summed E-state index contributed by atoms with van der Waals surface area (Å²) >= 11 is 2.25. The third-order valence-electron chi connectivity index (χ3n) is 3.55. The number of hydrogen-bond donors (Lipinski definition) is 1. The molecule has 1 heterocycles. The quantitative estimate of drug-likeness (QED) is 0.520. The molecule has 0 spiro atoms. The van der Waals surface area contributed by atoms with Crippen LogP contribution in [0.1, 0.15) is 0 Å². The van der Waals surface area contributed by atoms with E-state index in [0.717, 1.165) is 20.4 Å². The highest BCUT2D eigenvalue weighted by Gasteiger charge is 2.16. The predicted octanol–water partition coefficient (Wildman–Crippen LogP) is 2.51. The second kappa shape index (κ2) is 6.66. The van der Waals surface area contributed by atoms with Crippen LogP contribution in [-0.2, 0) is 13.6 Å². The molecular formula is C17H18IN2O2+. The summed E-state index contributed by atoms with van der Waals surface area (Å²) in [6.07, 6.45) is 1.44. The highest BCUT2D eigenvalue weighted by molar-refractivity contribution is 14.1. The molecule has 0 aliphatic carbocycles. The third-order valence-corrected chi connectivity index (χ3v) is 4.27. The fourth-order valence-corrected chi connectivity index (χ4v) is 2.85. The summed E-state index contributed by atoms with van der Waals surface area (Å²) in [6, 6.07) is 16.0. The first-order chi connectivity index (χ1) is 10.6. The van der Waals surface area contributed by atoms with E-state index >= 15 is 0 Å². The molecule has 1 atom stereocenters. The van der Waals surface area contributed by atoms with Gasteiger partial charge in [-0.25, -0.2) is 9.13 Å². The zero-order chi connectivity index (χ0) is 15.5. The van der Waals surface area contributed by atoms with E-state index < -0.39 is 6.10 Å². The molecule has 114 valence electrons. The fourth-order valence-electron chi connectivity index (χ4n) is 2.49. The maximum Gasteiger partial charge on any atom is 0.244 e. The molecule has 4 nitrogen and oxygen atoms in total. The Morgan fingerprint density at radius 2 is 1.91 bits per heavy atom. The van der Waals surface area contributed by atoms with E-state index in [-0.39, 0.29) is 6.61 Å². The summed E-state index contributed by atoms with van der Waals surface area (Å²) in [7, 11) is 2.01. The number of benzene rings is 2. The van der Waals surface area contributed by atoms with Crippen molar-refractivity contribution in [3.05, 3.63) is 58.4 Å². The number of aliphatic hydroxyl groups is 1. The van der Waals surface area contributed by atoms with Crippen LogP contribution in [0.3, 0.4) is 0 Å². The number of rotatable bonds is 5. The molecule has 2 aromatic carbocycles. The molecule has 0 unspecified atom stereocenters. The number of hydrogen-bond acceptors (Lipinski definition) is 2. The Morgan fingerprint density at radius 1 is 1.18 bits per heavy atom. The van der Waals surface area contributed by atoms with Gasteiger partial charge in [-0.15, -0.1) is 0 Å². The van der Waals surface area contributed by atoms with Crippen molar-refractivity contribution in [3.8, 4) is 5.75 Å². The van der Waals surface area contributed by atoms with Gasteiger partial charge in [-0.2, -0.15) is 0 Å². The Balaban J connectivity index is 1.65. The number of ether oxygens (including phenoxy) is 1. The molecular weight excluding hydrogens is 391 g/mol. The van der Waals surface area contributed by atoms with Crippen LogP contribution in [0, 0.1) is 3.57 Å². The zero-order valence-electron chi connectivity index (χ0n) is 12.3. The minimum absolute atomic E-state index is 0.275. The van der Waals surface area contributed by atoms with E-state index in [9.17, 15) is 5.11 Å². The van der Waals surface area contributed by atoms with E-state index in [0.29, 0.717) is 6.54 Å². The fraction of sp³-hybridized carbons (Fsp3) is 0.235. The van der Waals surface area contributed by atoms with Crippen molar-refractivity contribution in [3.63, 3.8) is 0 Å². The number of para-hydroxylation sites is 2. The second-order valence-electron chi connectivity index (χ2n) is 5.29. The van der Waals surface area contributed by atoms with Crippen molar-refractivity contribution in [2.45, 2.75) is 12.6 Å². The summed E-state index contributed by atoms with van der Waals surface area (Å²) in [5.74, 6) is 0.780. The first kappa shape index (κ1) is 15.3. The van der Waals surface area contributed by atoms with Crippen LogP contribution in [-0.4, -0.2) is 22.4 Å².